The van der Waals surface area contributed by atoms with Gasteiger partial charge < -0.3 is 10.1 Å². The van der Waals surface area contributed by atoms with Crippen molar-refractivity contribution in [2.45, 2.75) is 32.4 Å². The van der Waals surface area contributed by atoms with E-state index in [-0.39, 0.29) is 0 Å². The number of pyridine rings is 1. The van der Waals surface area contributed by atoms with Crippen LogP contribution in [0.5, 0.6) is 5.75 Å². The molecule has 1 aromatic carbocycles. The second-order valence-corrected chi connectivity index (χ2v) is 6.06. The molecule has 23 heavy (non-hydrogen) atoms. The maximum atomic E-state index is 5.91. The molecule has 120 valence electrons. The number of rotatable bonds is 7. The number of aromatic nitrogens is 1. The number of nitrogens with one attached hydrogen (secondary N) is 1. The molecule has 0 bridgehead atoms. The number of allylic oxidation sites excluding steroid dienone is 2. The average molecular weight is 308 g/mol. The van der Waals surface area contributed by atoms with Crippen molar-refractivity contribution < 1.29 is 4.74 Å². The average Bonchev–Trinajstić information content (AvgIpc) is 2.63. The van der Waals surface area contributed by atoms with E-state index in [9.17, 15) is 0 Å². The van der Waals surface area contributed by atoms with Gasteiger partial charge in [-0.1, -0.05) is 24.3 Å². The van der Waals surface area contributed by atoms with Crippen LogP contribution in [0.3, 0.4) is 0 Å². The molecular formula is C20H24N2O. The van der Waals surface area contributed by atoms with Crippen molar-refractivity contribution >= 4 is 0 Å². The molecule has 2 aromatic rings. The van der Waals surface area contributed by atoms with E-state index in [1.165, 1.54) is 24.0 Å². The normalized spacial score (nSPS) is 17.1. The minimum absolute atomic E-state index is 0.668. The van der Waals surface area contributed by atoms with Crippen LogP contribution in [0.15, 0.2) is 60.9 Å². The second kappa shape index (κ2) is 8.49. The number of hydrogen-bond acceptors (Lipinski definition) is 3. The van der Waals surface area contributed by atoms with Gasteiger partial charge in [0.25, 0.3) is 0 Å². The summed E-state index contributed by atoms with van der Waals surface area (Å²) in [6.07, 6.45) is 11.8. The first-order valence-corrected chi connectivity index (χ1v) is 8.36. The van der Waals surface area contributed by atoms with Gasteiger partial charge >= 0.3 is 0 Å². The quantitative estimate of drug-likeness (QED) is 0.782. The standard InChI is InChI=1S/C20H24N2O/c1-2-4-19(5-3-1)16-23-20-8-6-17(7-9-20)14-22-15-18-10-12-21-13-11-18/h1-2,6-13,19,22H,3-5,14-16H2. The van der Waals surface area contributed by atoms with E-state index in [1.807, 2.05) is 24.5 Å². The molecule has 0 fully saturated rings. The molecular weight excluding hydrogens is 284 g/mol. The summed E-state index contributed by atoms with van der Waals surface area (Å²) in [6.45, 7) is 2.54. The number of benzene rings is 1. The van der Waals surface area contributed by atoms with E-state index < -0.39 is 0 Å². The molecule has 1 aliphatic rings. The Morgan fingerprint density at radius 2 is 1.70 bits per heavy atom. The minimum atomic E-state index is 0.668. The Morgan fingerprint density at radius 1 is 0.957 bits per heavy atom. The van der Waals surface area contributed by atoms with Crippen LogP contribution in [0.2, 0.25) is 0 Å². The van der Waals surface area contributed by atoms with Crippen molar-refractivity contribution in [3.8, 4) is 5.75 Å². The summed E-state index contributed by atoms with van der Waals surface area (Å²) in [6, 6.07) is 12.5. The molecule has 1 atom stereocenters. The zero-order chi connectivity index (χ0) is 15.7. The zero-order valence-electron chi connectivity index (χ0n) is 13.4. The summed E-state index contributed by atoms with van der Waals surface area (Å²) in [5.41, 5.74) is 2.52. The molecule has 0 saturated heterocycles. The monoisotopic (exact) mass is 308 g/mol. The summed E-state index contributed by atoms with van der Waals surface area (Å²) in [7, 11) is 0. The van der Waals surface area contributed by atoms with Gasteiger partial charge in [-0.15, -0.1) is 0 Å². The van der Waals surface area contributed by atoms with E-state index in [0.717, 1.165) is 31.9 Å². The third kappa shape index (κ3) is 5.22. The summed E-state index contributed by atoms with van der Waals surface area (Å²) >= 11 is 0. The van der Waals surface area contributed by atoms with Crippen LogP contribution in [0.1, 0.15) is 30.4 Å². The third-order valence-electron chi connectivity index (χ3n) is 4.19. The van der Waals surface area contributed by atoms with Gasteiger partial charge in [0.2, 0.25) is 0 Å². The van der Waals surface area contributed by atoms with E-state index in [4.69, 9.17) is 4.74 Å². The minimum Gasteiger partial charge on any atom is -0.493 e. The van der Waals surface area contributed by atoms with E-state index in [2.05, 4.69) is 46.7 Å². The van der Waals surface area contributed by atoms with Crippen molar-refractivity contribution in [1.29, 1.82) is 0 Å². The van der Waals surface area contributed by atoms with Crippen LogP contribution in [-0.4, -0.2) is 11.6 Å². The summed E-state index contributed by atoms with van der Waals surface area (Å²) in [5.74, 6) is 1.64. The molecule has 1 heterocycles. The Balaban J connectivity index is 1.41. The van der Waals surface area contributed by atoms with E-state index >= 15 is 0 Å². The first-order valence-electron chi connectivity index (χ1n) is 8.36. The molecule has 3 nitrogen and oxygen atoms in total. The highest BCUT2D eigenvalue weighted by Gasteiger charge is 2.10. The predicted molar refractivity (Wildman–Crippen MR) is 93.2 cm³/mol. The lowest BCUT2D eigenvalue weighted by Gasteiger charge is -2.18. The highest BCUT2D eigenvalue weighted by Crippen LogP contribution is 2.20. The molecule has 0 radical (unpaired) electrons. The Labute approximate surface area is 138 Å². The van der Waals surface area contributed by atoms with E-state index in [1.54, 1.807) is 0 Å². The van der Waals surface area contributed by atoms with Crippen molar-refractivity contribution in [3.05, 3.63) is 72.1 Å². The Kier molecular flexibility index (Phi) is 5.81. The SMILES string of the molecule is C1=CCC(COc2ccc(CNCc3ccncc3)cc2)CC1. The molecule has 3 rings (SSSR count). The maximum absolute atomic E-state index is 5.91. The lowest BCUT2D eigenvalue weighted by molar-refractivity contribution is 0.239. The summed E-state index contributed by atoms with van der Waals surface area (Å²) in [4.78, 5) is 4.03. The Morgan fingerprint density at radius 3 is 2.39 bits per heavy atom. The molecule has 3 heteroatoms. The maximum Gasteiger partial charge on any atom is 0.119 e. The van der Waals surface area contributed by atoms with Gasteiger partial charge in [-0.05, 0) is 60.6 Å². The molecule has 0 amide bonds. The van der Waals surface area contributed by atoms with Crippen molar-refractivity contribution in [2.24, 2.45) is 5.92 Å². The number of hydrogen-bond donors (Lipinski definition) is 1. The zero-order valence-corrected chi connectivity index (χ0v) is 13.4. The van der Waals surface area contributed by atoms with E-state index in [0.29, 0.717) is 5.92 Å². The molecule has 1 aliphatic carbocycles. The van der Waals surface area contributed by atoms with Crippen molar-refractivity contribution in [2.75, 3.05) is 6.61 Å². The van der Waals surface area contributed by atoms with Gasteiger partial charge in [-0.25, -0.2) is 0 Å². The summed E-state index contributed by atoms with van der Waals surface area (Å²) < 4.78 is 5.91. The fraction of sp³-hybridized carbons (Fsp3) is 0.350. The largest absolute Gasteiger partial charge is 0.493 e. The topological polar surface area (TPSA) is 34.1 Å². The molecule has 1 N–H and O–H groups in total. The lowest BCUT2D eigenvalue weighted by Crippen LogP contribution is -2.14. The van der Waals surface area contributed by atoms with Gasteiger partial charge in [0.05, 0.1) is 6.61 Å². The predicted octanol–water partition coefficient (Wildman–Crippen LogP) is 4.11. The highest BCUT2D eigenvalue weighted by molar-refractivity contribution is 5.27. The van der Waals surface area contributed by atoms with Gasteiger partial charge in [0.15, 0.2) is 0 Å². The van der Waals surface area contributed by atoms with Crippen LogP contribution in [0, 0.1) is 5.92 Å². The van der Waals surface area contributed by atoms with Gasteiger partial charge in [0.1, 0.15) is 5.75 Å². The fourth-order valence-electron chi connectivity index (χ4n) is 2.78. The van der Waals surface area contributed by atoms with Crippen molar-refractivity contribution in [1.82, 2.24) is 10.3 Å². The van der Waals surface area contributed by atoms with Crippen LogP contribution < -0.4 is 10.1 Å². The fourth-order valence-corrected chi connectivity index (χ4v) is 2.78. The van der Waals surface area contributed by atoms with Crippen LogP contribution in [0.4, 0.5) is 0 Å². The second-order valence-electron chi connectivity index (χ2n) is 6.06. The van der Waals surface area contributed by atoms with Crippen LogP contribution in [-0.2, 0) is 13.1 Å². The van der Waals surface area contributed by atoms with Crippen molar-refractivity contribution in [3.63, 3.8) is 0 Å². The first-order chi connectivity index (χ1) is 11.4. The Hall–Kier alpha value is -2.13. The third-order valence-corrected chi connectivity index (χ3v) is 4.19. The molecule has 0 spiro atoms. The number of ether oxygens (including phenoxy) is 1. The molecule has 1 aromatic heterocycles. The Bertz CT molecular complexity index is 607. The number of nitrogens with zero attached hydrogens (tertiary/aromatic N) is 1. The van der Waals surface area contributed by atoms with Gasteiger partial charge in [0, 0.05) is 25.5 Å². The summed E-state index contributed by atoms with van der Waals surface area (Å²) in [5, 5.41) is 3.44. The van der Waals surface area contributed by atoms with Gasteiger partial charge in [-0.3, -0.25) is 4.98 Å². The molecule has 0 aliphatic heterocycles. The van der Waals surface area contributed by atoms with Gasteiger partial charge in [-0.2, -0.15) is 0 Å². The van der Waals surface area contributed by atoms with Crippen LogP contribution >= 0.6 is 0 Å². The van der Waals surface area contributed by atoms with Crippen LogP contribution in [0.25, 0.3) is 0 Å². The first kappa shape index (κ1) is 15.8. The molecule has 1 unspecified atom stereocenters. The molecule has 0 saturated carbocycles. The highest BCUT2D eigenvalue weighted by atomic mass is 16.5. The smallest absolute Gasteiger partial charge is 0.119 e. The lowest BCUT2D eigenvalue weighted by atomic mass is 9.95.